The number of aromatic nitrogens is 2. The van der Waals surface area contributed by atoms with Gasteiger partial charge in [-0.2, -0.15) is 0 Å². The van der Waals surface area contributed by atoms with Crippen molar-refractivity contribution >= 4 is 33.0 Å². The minimum atomic E-state index is -2.29. The average molecular weight is 538 g/mol. The number of hydrogen-bond acceptors (Lipinski definition) is 2. The third-order valence-corrected chi connectivity index (χ3v) is 8.07. The number of imidazole rings is 1. The number of rotatable bonds is 5. The van der Waals surface area contributed by atoms with Gasteiger partial charge in [-0.3, -0.25) is 4.57 Å². The summed E-state index contributed by atoms with van der Waals surface area (Å²) in [7, 11) is 0. The molecule has 5 aromatic carbocycles. The van der Waals surface area contributed by atoms with Crippen LogP contribution in [0.5, 0.6) is 0 Å². The van der Waals surface area contributed by atoms with Crippen molar-refractivity contribution in [1.29, 1.82) is 0 Å². The molecule has 0 unspecified atom stereocenters. The zero-order valence-electron chi connectivity index (χ0n) is 26.8. The molecule has 0 fully saturated rings. The average Bonchev–Trinajstić information content (AvgIpc) is 3.59. The summed E-state index contributed by atoms with van der Waals surface area (Å²) in [5.74, 6) is 1.25. The van der Waals surface area contributed by atoms with Gasteiger partial charge < -0.3 is 4.42 Å². The monoisotopic (exact) mass is 537 g/mol. The van der Waals surface area contributed by atoms with Gasteiger partial charge in [0.15, 0.2) is 0 Å². The van der Waals surface area contributed by atoms with Crippen LogP contribution in [-0.2, 0) is 0 Å². The quantitative estimate of drug-likeness (QED) is 0.219. The number of fused-ring (bicyclic) bond motifs is 4. The lowest BCUT2D eigenvalue weighted by Crippen LogP contribution is -2.09. The van der Waals surface area contributed by atoms with E-state index >= 15 is 0 Å². The molecule has 7 aromatic rings. The molecule has 202 valence electrons. The molecule has 7 rings (SSSR count). The SMILES string of the molecule is [2H]C([2H])([2H])c1cccc2c1oc1c(-c3nc4ccccc4n3-c3c(C(C)C)cc(-c4ccccc4)cc3C(C)C)cccc12. The van der Waals surface area contributed by atoms with Crippen molar-refractivity contribution in [2.24, 2.45) is 0 Å². The Labute approximate surface area is 245 Å². The molecule has 3 heteroatoms. The van der Waals surface area contributed by atoms with Crippen LogP contribution in [0.15, 0.2) is 108 Å². The van der Waals surface area contributed by atoms with Gasteiger partial charge in [-0.25, -0.2) is 4.98 Å². The molecule has 41 heavy (non-hydrogen) atoms. The molecule has 0 saturated heterocycles. The summed E-state index contributed by atoms with van der Waals surface area (Å²) in [6, 6.07) is 34.8. The van der Waals surface area contributed by atoms with Gasteiger partial charge in [-0.1, -0.05) is 100 Å². The van der Waals surface area contributed by atoms with E-state index in [1.807, 2.05) is 42.5 Å². The summed E-state index contributed by atoms with van der Waals surface area (Å²) in [6.07, 6.45) is 0. The maximum absolute atomic E-state index is 8.13. The van der Waals surface area contributed by atoms with Crippen LogP contribution < -0.4 is 0 Å². The van der Waals surface area contributed by atoms with Gasteiger partial charge in [-0.15, -0.1) is 0 Å². The van der Waals surface area contributed by atoms with Crippen molar-refractivity contribution in [3.05, 3.63) is 120 Å². The zero-order valence-corrected chi connectivity index (χ0v) is 23.8. The van der Waals surface area contributed by atoms with E-state index in [0.29, 0.717) is 11.2 Å². The highest BCUT2D eigenvalue weighted by molar-refractivity contribution is 6.10. The Balaban J connectivity index is 1.59. The van der Waals surface area contributed by atoms with Crippen molar-refractivity contribution in [3.63, 3.8) is 0 Å². The van der Waals surface area contributed by atoms with E-state index in [4.69, 9.17) is 13.5 Å². The Morgan fingerprint density at radius 3 is 2.05 bits per heavy atom. The minimum absolute atomic E-state index is 0.214. The van der Waals surface area contributed by atoms with Gasteiger partial charge >= 0.3 is 0 Å². The standard InChI is InChI=1S/C38H34N2O/c1-23(2)31-21-27(26-14-7-6-8-15-26)22-32(24(3)4)35(31)40-34-20-10-9-19-33(34)39-38(40)30-18-12-17-29-28-16-11-13-25(5)36(28)41-37(29)30/h6-24H,1-5H3/i5D3. The highest BCUT2D eigenvalue weighted by Gasteiger charge is 2.25. The Kier molecular flexibility index (Phi) is 5.27. The number of aryl methyl sites for hydroxylation is 1. The summed E-state index contributed by atoms with van der Waals surface area (Å²) in [6.45, 7) is 6.68. The lowest BCUT2D eigenvalue weighted by atomic mass is 9.88. The first-order valence-corrected chi connectivity index (χ1v) is 14.3. The van der Waals surface area contributed by atoms with E-state index in [-0.39, 0.29) is 17.4 Å². The fraction of sp³-hybridized carbons (Fsp3) is 0.184. The van der Waals surface area contributed by atoms with Crippen LogP contribution in [0.1, 0.15) is 60.3 Å². The van der Waals surface area contributed by atoms with E-state index in [1.54, 1.807) is 12.1 Å². The van der Waals surface area contributed by atoms with Crippen LogP contribution >= 0.6 is 0 Å². The second-order valence-corrected chi connectivity index (χ2v) is 11.4. The topological polar surface area (TPSA) is 31.0 Å². The van der Waals surface area contributed by atoms with Crippen LogP contribution in [-0.4, -0.2) is 9.55 Å². The molecule has 0 radical (unpaired) electrons. The molecule has 0 atom stereocenters. The number of hydrogen-bond donors (Lipinski definition) is 0. The molecular formula is C38H34N2O. The van der Waals surface area contributed by atoms with Gasteiger partial charge in [-0.05, 0) is 76.8 Å². The lowest BCUT2D eigenvalue weighted by Gasteiger charge is -2.24. The molecule has 2 aromatic heterocycles. The number of para-hydroxylation sites is 4. The first kappa shape index (κ1) is 22.1. The third kappa shape index (κ3) is 4.07. The molecule has 0 aliphatic carbocycles. The Morgan fingerprint density at radius 1 is 0.683 bits per heavy atom. The molecule has 3 nitrogen and oxygen atoms in total. The Bertz CT molecular complexity index is 2140. The summed E-state index contributed by atoms with van der Waals surface area (Å²) in [5, 5.41) is 1.66. The molecule has 0 aliphatic heterocycles. The fourth-order valence-corrected chi connectivity index (χ4v) is 6.05. The van der Waals surface area contributed by atoms with Crippen molar-refractivity contribution in [1.82, 2.24) is 9.55 Å². The van der Waals surface area contributed by atoms with Crippen molar-refractivity contribution in [3.8, 4) is 28.2 Å². The number of benzene rings is 5. The molecular weight excluding hydrogens is 500 g/mol. The highest BCUT2D eigenvalue weighted by Crippen LogP contribution is 2.42. The van der Waals surface area contributed by atoms with Gasteiger partial charge in [0, 0.05) is 14.9 Å². The van der Waals surface area contributed by atoms with Crippen molar-refractivity contribution in [2.45, 2.75) is 46.4 Å². The second kappa shape index (κ2) is 9.78. The number of nitrogens with zero attached hydrogens (tertiary/aromatic N) is 2. The highest BCUT2D eigenvalue weighted by atomic mass is 16.3. The summed E-state index contributed by atoms with van der Waals surface area (Å²) >= 11 is 0. The maximum atomic E-state index is 8.13. The smallest absolute Gasteiger partial charge is 0.149 e. The lowest BCUT2D eigenvalue weighted by molar-refractivity contribution is 0.666. The van der Waals surface area contributed by atoms with Crippen LogP contribution in [0.2, 0.25) is 0 Å². The zero-order chi connectivity index (χ0) is 30.7. The van der Waals surface area contributed by atoms with E-state index in [0.717, 1.165) is 38.9 Å². The molecule has 0 amide bonds. The van der Waals surface area contributed by atoms with Crippen molar-refractivity contribution in [2.75, 3.05) is 0 Å². The van der Waals surface area contributed by atoms with E-state index in [9.17, 15) is 0 Å². The molecule has 2 heterocycles. The molecule has 0 saturated carbocycles. The van der Waals surface area contributed by atoms with Gasteiger partial charge in [0.1, 0.15) is 17.0 Å². The molecule has 0 bridgehead atoms. The fourth-order valence-electron chi connectivity index (χ4n) is 6.05. The first-order chi connectivity index (χ1) is 21.1. The van der Waals surface area contributed by atoms with Crippen LogP contribution in [0.3, 0.4) is 0 Å². The van der Waals surface area contributed by atoms with Crippen molar-refractivity contribution < 1.29 is 8.53 Å². The molecule has 0 aliphatic rings. The maximum Gasteiger partial charge on any atom is 0.149 e. The van der Waals surface area contributed by atoms with Gasteiger partial charge in [0.2, 0.25) is 0 Å². The number of furan rings is 1. The van der Waals surface area contributed by atoms with Crippen LogP contribution in [0.25, 0.3) is 61.2 Å². The Hall–Kier alpha value is -4.63. The van der Waals surface area contributed by atoms with E-state index in [2.05, 4.69) is 80.8 Å². The summed E-state index contributed by atoms with van der Waals surface area (Å²) in [5.41, 5.74) is 9.96. The summed E-state index contributed by atoms with van der Waals surface area (Å²) < 4.78 is 33.2. The largest absolute Gasteiger partial charge is 0.455 e. The van der Waals surface area contributed by atoms with Gasteiger partial charge in [0.05, 0.1) is 22.3 Å². The first-order valence-electron chi connectivity index (χ1n) is 15.8. The third-order valence-electron chi connectivity index (χ3n) is 8.07. The Morgan fingerprint density at radius 2 is 1.34 bits per heavy atom. The second-order valence-electron chi connectivity index (χ2n) is 11.4. The van der Waals surface area contributed by atoms with Gasteiger partial charge in [0.25, 0.3) is 0 Å². The predicted octanol–water partition coefficient (Wildman–Crippen LogP) is 10.8. The van der Waals surface area contributed by atoms with E-state index < -0.39 is 6.85 Å². The van der Waals surface area contributed by atoms with E-state index in [1.165, 1.54) is 22.3 Å². The predicted molar refractivity (Wildman–Crippen MR) is 172 cm³/mol. The minimum Gasteiger partial charge on any atom is -0.455 e. The normalized spacial score (nSPS) is 13.4. The van der Waals surface area contributed by atoms with Crippen LogP contribution in [0.4, 0.5) is 0 Å². The summed E-state index contributed by atoms with van der Waals surface area (Å²) in [4.78, 5) is 5.22. The van der Waals surface area contributed by atoms with Crippen LogP contribution in [0, 0.1) is 6.85 Å². The molecule has 0 spiro atoms. The molecule has 0 N–H and O–H groups in total.